The first-order chi connectivity index (χ1) is 17.5. The zero-order valence-electron chi connectivity index (χ0n) is 24.8. The Morgan fingerprint density at radius 2 is 1.35 bits per heavy atom. The molecule has 0 aliphatic heterocycles. The van der Waals surface area contributed by atoms with Crippen molar-refractivity contribution in [3.8, 4) is 0 Å². The Bertz CT molecular complexity index is 601. The molecule has 2 amide bonds. The second-order valence-electron chi connectivity index (χ2n) is 11.3. The van der Waals surface area contributed by atoms with Crippen LogP contribution < -0.4 is 10.2 Å². The molecule has 0 aliphatic carbocycles. The second-order valence-corrected chi connectivity index (χ2v) is 12.6. The van der Waals surface area contributed by atoms with Gasteiger partial charge in [-0.1, -0.05) is 90.4 Å². The van der Waals surface area contributed by atoms with Gasteiger partial charge in [-0.05, 0) is 6.42 Å². The lowest BCUT2D eigenvalue weighted by molar-refractivity contribution is -0.870. The second kappa shape index (κ2) is 22.2. The molecule has 10 heteroatoms. The minimum absolute atomic E-state index is 0.0146. The third-order valence-corrected chi connectivity index (χ3v) is 7.18. The van der Waals surface area contributed by atoms with E-state index < -0.39 is 13.9 Å². The Morgan fingerprint density at radius 1 is 0.865 bits per heavy atom. The van der Waals surface area contributed by atoms with Gasteiger partial charge in [0.05, 0.1) is 27.7 Å². The molecule has 37 heavy (non-hydrogen) atoms. The normalized spacial score (nSPS) is 14.4. The first-order valence-electron chi connectivity index (χ1n) is 14.4. The molecule has 2 atom stereocenters. The molecule has 0 saturated heterocycles. The molecule has 2 unspecified atom stereocenters. The maximum absolute atomic E-state index is 12.3. The summed E-state index contributed by atoms with van der Waals surface area (Å²) >= 11 is 0. The molecule has 0 aromatic carbocycles. The van der Waals surface area contributed by atoms with Gasteiger partial charge in [-0.25, -0.2) is 4.79 Å². The third-order valence-electron chi connectivity index (χ3n) is 6.12. The van der Waals surface area contributed by atoms with E-state index in [-0.39, 0.29) is 25.8 Å². The molecule has 0 aromatic rings. The minimum atomic E-state index is -4.51. The highest BCUT2D eigenvalue weighted by Gasteiger charge is 2.21. The van der Waals surface area contributed by atoms with Crippen molar-refractivity contribution < 1.29 is 32.5 Å². The number of likely N-dealkylation sites (N-methyl/N-ethyl adjacent to an activating group) is 1. The van der Waals surface area contributed by atoms with Gasteiger partial charge in [-0.15, -0.1) is 0 Å². The predicted molar refractivity (Wildman–Crippen MR) is 150 cm³/mol. The van der Waals surface area contributed by atoms with Crippen LogP contribution in [-0.2, 0) is 18.3 Å². The van der Waals surface area contributed by atoms with Crippen molar-refractivity contribution in [1.29, 1.82) is 0 Å². The molecule has 0 radical (unpaired) electrons. The average molecular weight is 552 g/mol. The van der Waals surface area contributed by atoms with Crippen LogP contribution in [-0.4, -0.2) is 89.7 Å². The van der Waals surface area contributed by atoms with E-state index >= 15 is 0 Å². The molecule has 222 valence electrons. The van der Waals surface area contributed by atoms with E-state index in [4.69, 9.17) is 13.8 Å². The molecule has 9 nitrogen and oxygen atoms in total. The summed E-state index contributed by atoms with van der Waals surface area (Å²) < 4.78 is 28.8. The van der Waals surface area contributed by atoms with Crippen LogP contribution in [0.25, 0.3) is 0 Å². The molecule has 0 bridgehead atoms. The number of hydrogen-bond donors (Lipinski definition) is 1. The molecule has 0 saturated carbocycles. The van der Waals surface area contributed by atoms with Gasteiger partial charge in [0.1, 0.15) is 19.3 Å². The third kappa shape index (κ3) is 25.3. The Kier molecular flexibility index (Phi) is 21.7. The maximum Gasteiger partial charge on any atom is 0.316 e. The van der Waals surface area contributed by atoms with Crippen molar-refractivity contribution in [2.45, 2.75) is 103 Å². The quantitative estimate of drug-likeness (QED) is 0.0935. The number of phosphoric ester groups is 1. The summed E-state index contributed by atoms with van der Waals surface area (Å²) in [5.41, 5.74) is 0. The van der Waals surface area contributed by atoms with Crippen molar-refractivity contribution in [2.75, 3.05) is 68.1 Å². The lowest BCUT2D eigenvalue weighted by atomic mass is 10.0. The highest BCUT2D eigenvalue weighted by atomic mass is 31.2. The molecule has 0 spiro atoms. The highest BCUT2D eigenvalue weighted by molar-refractivity contribution is 7.45. The fourth-order valence-electron chi connectivity index (χ4n) is 3.74. The van der Waals surface area contributed by atoms with Crippen molar-refractivity contribution in [1.82, 2.24) is 10.2 Å². The van der Waals surface area contributed by atoms with E-state index in [9.17, 15) is 14.3 Å². The monoisotopic (exact) mass is 551 g/mol. The molecule has 0 fully saturated rings. The highest BCUT2D eigenvalue weighted by Crippen LogP contribution is 2.39. The molecular formula is C27H58N3O6P. The zero-order valence-corrected chi connectivity index (χ0v) is 25.7. The van der Waals surface area contributed by atoms with Crippen molar-refractivity contribution in [3.05, 3.63) is 0 Å². The van der Waals surface area contributed by atoms with Gasteiger partial charge in [0.2, 0.25) is 0 Å². The lowest BCUT2D eigenvalue weighted by Crippen LogP contribution is -2.41. The van der Waals surface area contributed by atoms with Gasteiger partial charge in [-0.2, -0.15) is 0 Å². The first-order valence-corrected chi connectivity index (χ1v) is 15.9. The van der Waals surface area contributed by atoms with Gasteiger partial charge >= 0.3 is 6.03 Å². The number of carbonyl (C=O) groups is 1. The fraction of sp³-hybridized carbons (Fsp3) is 0.963. The number of urea groups is 1. The van der Waals surface area contributed by atoms with Gasteiger partial charge < -0.3 is 33.4 Å². The summed E-state index contributed by atoms with van der Waals surface area (Å²) in [6, 6.07) is -0.327. The van der Waals surface area contributed by atoms with Crippen molar-refractivity contribution in [3.63, 3.8) is 0 Å². The predicted octanol–water partition coefficient (Wildman–Crippen LogP) is 5.33. The van der Waals surface area contributed by atoms with E-state index in [2.05, 4.69) is 12.2 Å². The summed E-state index contributed by atoms with van der Waals surface area (Å²) in [6.07, 6.45) is 17.2. The Balaban J connectivity index is 4.05. The molecule has 0 aliphatic rings. The number of carbonyl (C=O) groups excluding carboxylic acids is 1. The number of ether oxygens (including phenoxy) is 1. The summed E-state index contributed by atoms with van der Waals surface area (Å²) in [6.45, 7) is 3.42. The molecule has 1 N–H and O–H groups in total. The van der Waals surface area contributed by atoms with Crippen LogP contribution in [0.3, 0.4) is 0 Å². The molecule has 0 rings (SSSR count). The summed E-state index contributed by atoms with van der Waals surface area (Å²) in [4.78, 5) is 25.5. The van der Waals surface area contributed by atoms with Gasteiger partial charge in [0, 0.05) is 27.2 Å². The van der Waals surface area contributed by atoms with E-state index in [1.807, 2.05) is 21.1 Å². The summed E-state index contributed by atoms with van der Waals surface area (Å²) in [5.74, 6) is 0. The van der Waals surface area contributed by atoms with Gasteiger partial charge in [0.15, 0.2) is 0 Å². The fourth-order valence-corrected chi connectivity index (χ4v) is 4.61. The van der Waals surface area contributed by atoms with Crippen LogP contribution in [0.15, 0.2) is 0 Å². The zero-order chi connectivity index (χ0) is 28.0. The van der Waals surface area contributed by atoms with Crippen molar-refractivity contribution in [2.24, 2.45) is 0 Å². The maximum atomic E-state index is 12.3. The van der Waals surface area contributed by atoms with E-state index in [1.165, 1.54) is 81.9 Å². The van der Waals surface area contributed by atoms with Crippen LogP contribution in [0.2, 0.25) is 0 Å². The van der Waals surface area contributed by atoms with Crippen LogP contribution >= 0.6 is 7.82 Å². The first kappa shape index (κ1) is 36.3. The number of nitrogens with zero attached hydrogens (tertiary/aromatic N) is 2. The Morgan fingerprint density at radius 3 is 1.81 bits per heavy atom. The van der Waals surface area contributed by atoms with Crippen molar-refractivity contribution >= 4 is 13.9 Å². The summed E-state index contributed by atoms with van der Waals surface area (Å²) in [5, 5.41) is 2.65. The minimum Gasteiger partial charge on any atom is -0.756 e. The van der Waals surface area contributed by atoms with E-state index in [1.54, 1.807) is 14.1 Å². The number of rotatable bonds is 25. The smallest absolute Gasteiger partial charge is 0.316 e. The number of nitrogens with one attached hydrogen (secondary N) is 1. The number of phosphoric acid groups is 1. The van der Waals surface area contributed by atoms with Gasteiger partial charge in [0.25, 0.3) is 7.82 Å². The SMILES string of the molecule is CCCCCCCCCCCCCCCCOCC(CNC(=O)N(C)C)OP(=O)([O-])OCC[N+](C)(C)C. The van der Waals surface area contributed by atoms with Crippen LogP contribution in [0.1, 0.15) is 96.8 Å². The largest absolute Gasteiger partial charge is 0.756 e. The van der Waals surface area contributed by atoms with Crippen LogP contribution in [0.5, 0.6) is 0 Å². The topological polar surface area (TPSA) is 100 Å². The molecular weight excluding hydrogens is 493 g/mol. The molecule has 0 aromatic heterocycles. The van der Waals surface area contributed by atoms with Crippen LogP contribution in [0.4, 0.5) is 4.79 Å². The lowest BCUT2D eigenvalue weighted by Gasteiger charge is -2.30. The summed E-state index contributed by atoms with van der Waals surface area (Å²) in [7, 11) is 4.56. The van der Waals surface area contributed by atoms with Gasteiger partial charge in [-0.3, -0.25) is 4.57 Å². The Hall–Kier alpha value is -0.700. The van der Waals surface area contributed by atoms with E-state index in [0.29, 0.717) is 17.6 Å². The number of hydrogen-bond acceptors (Lipinski definition) is 6. The van der Waals surface area contributed by atoms with Crippen LogP contribution in [0, 0.1) is 0 Å². The standard InChI is InChI=1S/C27H58N3O6P/c1-7-8-9-10-11-12-13-14-15-16-17-18-19-20-22-34-25-26(24-28-27(31)29(2)3)36-37(32,33)35-23-21-30(4,5)6/h26H,7-25H2,1-6H3,(H-,28,31,32,33). The Labute approximate surface area is 227 Å². The number of unbranched alkanes of at least 4 members (excludes halogenated alkanes) is 13. The molecule has 0 heterocycles. The average Bonchev–Trinajstić information content (AvgIpc) is 2.80. The number of amides is 2. The van der Waals surface area contributed by atoms with E-state index in [0.717, 1.165) is 12.8 Å². The number of quaternary nitrogens is 1.